The Balaban J connectivity index is 2.02. The van der Waals surface area contributed by atoms with Crippen LogP contribution in [0.2, 0.25) is 0 Å². The standard InChI is InChI=1S/C25H35N2/c1-18(2)22-13-10-14-23(19(3)4)25(22)27-16-24(20(5)6)26(17-27)15-21-11-8-7-9-12-21/h7-14,17-20,24H,15-16H2,1-6H3/q+1/t24-/m1/s1. The molecular weight excluding hydrogens is 328 g/mol. The second kappa shape index (κ2) is 8.29. The summed E-state index contributed by atoms with van der Waals surface area (Å²) in [5.74, 6) is 1.66. The fourth-order valence-corrected chi connectivity index (χ4v) is 4.16. The summed E-state index contributed by atoms with van der Waals surface area (Å²) in [6, 6.07) is 18.2. The van der Waals surface area contributed by atoms with Gasteiger partial charge in [-0.2, -0.15) is 0 Å². The minimum atomic E-state index is 0.521. The molecule has 2 heteroatoms. The molecule has 0 spiro atoms. The molecule has 0 saturated heterocycles. The van der Waals surface area contributed by atoms with E-state index in [1.165, 1.54) is 22.4 Å². The highest BCUT2D eigenvalue weighted by molar-refractivity contribution is 5.82. The van der Waals surface area contributed by atoms with E-state index in [1.54, 1.807) is 0 Å². The summed E-state index contributed by atoms with van der Waals surface area (Å²) in [6.07, 6.45) is 2.38. The predicted molar refractivity (Wildman–Crippen MR) is 117 cm³/mol. The molecule has 0 bridgehead atoms. The third-order valence-corrected chi connectivity index (χ3v) is 5.70. The summed E-state index contributed by atoms with van der Waals surface area (Å²) in [6.45, 7) is 16.0. The smallest absolute Gasteiger partial charge is 0.240 e. The fraction of sp³-hybridized carbons (Fsp3) is 0.480. The van der Waals surface area contributed by atoms with Crippen molar-refractivity contribution in [3.63, 3.8) is 0 Å². The van der Waals surface area contributed by atoms with E-state index in [0.717, 1.165) is 13.1 Å². The first-order chi connectivity index (χ1) is 12.9. The molecule has 0 fully saturated rings. The van der Waals surface area contributed by atoms with Crippen LogP contribution in [0, 0.1) is 5.92 Å². The minimum absolute atomic E-state index is 0.521. The summed E-state index contributed by atoms with van der Waals surface area (Å²) < 4.78 is 2.54. The van der Waals surface area contributed by atoms with Crippen LogP contribution >= 0.6 is 0 Å². The van der Waals surface area contributed by atoms with Crippen LogP contribution in [0.5, 0.6) is 0 Å². The molecule has 144 valence electrons. The van der Waals surface area contributed by atoms with E-state index in [1.807, 2.05) is 0 Å². The van der Waals surface area contributed by atoms with Gasteiger partial charge in [0, 0.05) is 11.1 Å². The van der Waals surface area contributed by atoms with Crippen molar-refractivity contribution in [2.75, 3.05) is 11.4 Å². The first-order valence-electron chi connectivity index (χ1n) is 10.4. The number of benzene rings is 2. The molecule has 1 aliphatic heterocycles. The minimum Gasteiger partial charge on any atom is -0.257 e. The predicted octanol–water partition coefficient (Wildman–Crippen LogP) is 6.02. The van der Waals surface area contributed by atoms with E-state index < -0.39 is 0 Å². The Hall–Kier alpha value is -2.09. The maximum Gasteiger partial charge on any atom is 0.240 e. The van der Waals surface area contributed by atoms with Gasteiger partial charge in [-0.3, -0.25) is 4.58 Å². The van der Waals surface area contributed by atoms with Crippen LogP contribution in [0.3, 0.4) is 0 Å². The van der Waals surface area contributed by atoms with Gasteiger partial charge >= 0.3 is 0 Å². The Morgan fingerprint density at radius 1 is 0.852 bits per heavy atom. The van der Waals surface area contributed by atoms with E-state index in [0.29, 0.717) is 23.8 Å². The van der Waals surface area contributed by atoms with Crippen LogP contribution in [0.25, 0.3) is 0 Å². The number of anilines is 1. The van der Waals surface area contributed by atoms with Crippen molar-refractivity contribution in [2.24, 2.45) is 5.92 Å². The monoisotopic (exact) mass is 363 g/mol. The Morgan fingerprint density at radius 3 is 1.96 bits per heavy atom. The molecule has 27 heavy (non-hydrogen) atoms. The highest BCUT2D eigenvalue weighted by atomic mass is 15.3. The third-order valence-electron chi connectivity index (χ3n) is 5.70. The summed E-state index contributed by atoms with van der Waals surface area (Å²) in [4.78, 5) is 2.53. The van der Waals surface area contributed by atoms with Gasteiger partial charge in [-0.25, -0.2) is 4.90 Å². The molecule has 2 aromatic carbocycles. The van der Waals surface area contributed by atoms with E-state index in [-0.39, 0.29) is 0 Å². The van der Waals surface area contributed by atoms with Crippen LogP contribution in [0.1, 0.15) is 70.1 Å². The van der Waals surface area contributed by atoms with E-state index in [2.05, 4.69) is 106 Å². The Bertz CT molecular complexity index is 761. The van der Waals surface area contributed by atoms with Gasteiger partial charge in [0.2, 0.25) is 6.34 Å². The van der Waals surface area contributed by atoms with Crippen LogP contribution in [-0.2, 0) is 6.54 Å². The lowest BCUT2D eigenvalue weighted by Gasteiger charge is -2.22. The Kier molecular flexibility index (Phi) is 6.04. The van der Waals surface area contributed by atoms with Crippen molar-refractivity contribution in [3.05, 3.63) is 65.2 Å². The van der Waals surface area contributed by atoms with Gasteiger partial charge < -0.3 is 0 Å². The quantitative estimate of drug-likeness (QED) is 0.569. The third kappa shape index (κ3) is 4.26. The summed E-state index contributed by atoms with van der Waals surface area (Å²) in [5, 5.41) is 0. The maximum atomic E-state index is 2.54. The normalized spacial score (nSPS) is 17.3. The fourth-order valence-electron chi connectivity index (χ4n) is 4.16. The SMILES string of the molecule is CC(C)c1cccc(C(C)C)c1N1C=[N+](Cc2ccccc2)[C@@H](C(C)C)C1. The number of nitrogens with zero attached hydrogens (tertiary/aromatic N) is 2. The molecule has 0 unspecified atom stereocenters. The first kappa shape index (κ1) is 19.7. The number of hydrogen-bond donors (Lipinski definition) is 0. The maximum absolute atomic E-state index is 2.54. The van der Waals surface area contributed by atoms with E-state index in [9.17, 15) is 0 Å². The van der Waals surface area contributed by atoms with Crippen LogP contribution in [0.4, 0.5) is 5.69 Å². The van der Waals surface area contributed by atoms with E-state index >= 15 is 0 Å². The lowest BCUT2D eigenvalue weighted by atomic mass is 9.91. The van der Waals surface area contributed by atoms with Crippen molar-refractivity contribution in [3.8, 4) is 0 Å². The largest absolute Gasteiger partial charge is 0.257 e. The lowest BCUT2D eigenvalue weighted by Crippen LogP contribution is -2.32. The average molecular weight is 364 g/mol. The molecule has 0 aliphatic carbocycles. The Labute approximate surface area is 165 Å². The highest BCUT2D eigenvalue weighted by Crippen LogP contribution is 2.36. The Morgan fingerprint density at radius 2 is 1.44 bits per heavy atom. The molecule has 2 aromatic rings. The molecule has 3 rings (SSSR count). The molecule has 0 N–H and O–H groups in total. The summed E-state index contributed by atoms with van der Waals surface area (Å²) in [7, 11) is 0. The van der Waals surface area contributed by atoms with Gasteiger partial charge in [-0.1, -0.05) is 90.1 Å². The number of para-hydroxylation sites is 1. The van der Waals surface area contributed by atoms with Crippen molar-refractivity contribution in [1.29, 1.82) is 0 Å². The summed E-state index contributed by atoms with van der Waals surface area (Å²) >= 11 is 0. The van der Waals surface area contributed by atoms with Crippen molar-refractivity contribution in [1.82, 2.24) is 0 Å². The highest BCUT2D eigenvalue weighted by Gasteiger charge is 2.36. The van der Waals surface area contributed by atoms with Crippen molar-refractivity contribution >= 4 is 12.0 Å². The summed E-state index contributed by atoms with van der Waals surface area (Å²) in [5.41, 5.74) is 5.73. The second-order valence-corrected chi connectivity index (χ2v) is 8.83. The zero-order valence-electron chi connectivity index (χ0n) is 17.8. The van der Waals surface area contributed by atoms with Crippen molar-refractivity contribution in [2.45, 2.75) is 66.0 Å². The van der Waals surface area contributed by atoms with Crippen LogP contribution < -0.4 is 4.90 Å². The van der Waals surface area contributed by atoms with Gasteiger partial charge in [0.15, 0.2) is 0 Å². The number of hydrogen-bond acceptors (Lipinski definition) is 1. The van der Waals surface area contributed by atoms with Gasteiger partial charge in [-0.15, -0.1) is 0 Å². The lowest BCUT2D eigenvalue weighted by molar-refractivity contribution is -0.574. The van der Waals surface area contributed by atoms with Crippen LogP contribution in [0.15, 0.2) is 48.5 Å². The zero-order chi connectivity index (χ0) is 19.6. The van der Waals surface area contributed by atoms with Gasteiger partial charge in [-0.05, 0) is 23.3 Å². The average Bonchev–Trinajstić information content (AvgIpc) is 3.05. The first-order valence-corrected chi connectivity index (χ1v) is 10.4. The zero-order valence-corrected chi connectivity index (χ0v) is 17.8. The number of rotatable bonds is 6. The molecule has 0 saturated carbocycles. The van der Waals surface area contributed by atoms with Crippen LogP contribution in [-0.4, -0.2) is 23.5 Å². The molecule has 1 heterocycles. The molecule has 2 nitrogen and oxygen atoms in total. The van der Waals surface area contributed by atoms with Gasteiger partial charge in [0.25, 0.3) is 0 Å². The van der Waals surface area contributed by atoms with E-state index in [4.69, 9.17) is 0 Å². The second-order valence-electron chi connectivity index (χ2n) is 8.83. The van der Waals surface area contributed by atoms with Crippen molar-refractivity contribution < 1.29 is 4.58 Å². The van der Waals surface area contributed by atoms with Gasteiger partial charge in [0.1, 0.15) is 24.8 Å². The molecule has 0 amide bonds. The van der Waals surface area contributed by atoms with Gasteiger partial charge in [0.05, 0.1) is 0 Å². The topological polar surface area (TPSA) is 6.25 Å². The molecule has 1 atom stereocenters. The molecule has 0 aromatic heterocycles. The molecule has 1 aliphatic rings. The molecular formula is C25H35N2+. The molecule has 0 radical (unpaired) electrons.